The van der Waals surface area contributed by atoms with Crippen molar-refractivity contribution in [2.24, 2.45) is 0 Å². The van der Waals surface area contributed by atoms with E-state index in [1.807, 2.05) is 48.5 Å². The zero-order valence-corrected chi connectivity index (χ0v) is 17.9. The second-order valence-electron chi connectivity index (χ2n) is 8.43. The molecule has 1 aliphatic carbocycles. The maximum Gasteiger partial charge on any atom is 0.416 e. The van der Waals surface area contributed by atoms with E-state index in [1.165, 1.54) is 12.1 Å². The molecule has 1 aliphatic heterocycles. The van der Waals surface area contributed by atoms with E-state index < -0.39 is 36.3 Å². The Kier molecular flexibility index (Phi) is 5.31. The monoisotopic (exact) mass is 467 g/mol. The molecule has 3 aromatic rings. The zero-order valence-electron chi connectivity index (χ0n) is 17.9. The minimum Gasteiger partial charge on any atom is -0.480 e. The molecule has 8 heteroatoms. The molecule has 5 rings (SSSR count). The Hall–Kier alpha value is -3.81. The molecule has 1 amide bonds. The quantitative estimate of drug-likeness (QED) is 0.555. The van der Waals surface area contributed by atoms with Gasteiger partial charge in [0.15, 0.2) is 0 Å². The highest BCUT2D eigenvalue weighted by Gasteiger charge is 2.41. The van der Waals surface area contributed by atoms with Gasteiger partial charge in [0.2, 0.25) is 0 Å². The first-order valence-corrected chi connectivity index (χ1v) is 10.8. The van der Waals surface area contributed by atoms with E-state index in [0.29, 0.717) is 0 Å². The van der Waals surface area contributed by atoms with Crippen molar-refractivity contribution in [1.29, 1.82) is 0 Å². The van der Waals surface area contributed by atoms with Gasteiger partial charge in [-0.2, -0.15) is 13.2 Å². The highest BCUT2D eigenvalue weighted by molar-refractivity contribution is 5.82. The van der Waals surface area contributed by atoms with Gasteiger partial charge in [-0.1, -0.05) is 60.7 Å². The number of carbonyl (C=O) groups is 2. The van der Waals surface area contributed by atoms with E-state index in [2.05, 4.69) is 0 Å². The molecule has 0 aromatic heterocycles. The number of hydrogen-bond acceptors (Lipinski definition) is 3. The van der Waals surface area contributed by atoms with Crippen LogP contribution in [0.25, 0.3) is 11.1 Å². The normalized spacial score (nSPS) is 17.0. The summed E-state index contributed by atoms with van der Waals surface area (Å²) in [7, 11) is 0. The summed E-state index contributed by atoms with van der Waals surface area (Å²) in [6, 6.07) is 17.8. The molecule has 1 N–H and O–H groups in total. The number of carboxylic acid groups (broad SMARTS) is 1. The first-order chi connectivity index (χ1) is 16.3. The number of hydrogen-bond donors (Lipinski definition) is 1. The van der Waals surface area contributed by atoms with Crippen LogP contribution in [-0.4, -0.2) is 34.7 Å². The van der Waals surface area contributed by atoms with Crippen LogP contribution in [0.5, 0.6) is 0 Å². The average Bonchev–Trinajstić information content (AvgIpc) is 3.14. The van der Waals surface area contributed by atoms with Crippen LogP contribution in [-0.2, 0) is 28.7 Å². The lowest BCUT2D eigenvalue weighted by Gasteiger charge is -2.35. The molecule has 0 radical (unpaired) electrons. The van der Waals surface area contributed by atoms with Crippen LogP contribution in [0, 0.1) is 0 Å². The van der Waals surface area contributed by atoms with Crippen molar-refractivity contribution in [3.05, 3.63) is 94.5 Å². The second kappa shape index (κ2) is 8.20. The van der Waals surface area contributed by atoms with Gasteiger partial charge in [-0.05, 0) is 39.4 Å². The summed E-state index contributed by atoms with van der Waals surface area (Å²) in [6.45, 7) is -0.280. The highest BCUT2D eigenvalue weighted by atomic mass is 19.4. The predicted octanol–water partition coefficient (Wildman–Crippen LogP) is 5.47. The van der Waals surface area contributed by atoms with Crippen LogP contribution in [0.3, 0.4) is 0 Å². The van der Waals surface area contributed by atoms with Crippen LogP contribution in [0.4, 0.5) is 18.0 Å². The van der Waals surface area contributed by atoms with Gasteiger partial charge in [0.05, 0.1) is 12.1 Å². The number of alkyl halides is 3. The fraction of sp³-hybridized carbons (Fsp3) is 0.231. The number of rotatable bonds is 3. The SMILES string of the molecule is O=C(O)[C@@H]1Cc2c(cccc2C(F)(F)F)CN1C(=O)OCC1c2ccccc2-c2ccccc21. The maximum atomic E-state index is 13.4. The number of carbonyl (C=O) groups excluding carboxylic acids is 1. The van der Waals surface area contributed by atoms with Crippen LogP contribution in [0.2, 0.25) is 0 Å². The minimum atomic E-state index is -4.61. The van der Waals surface area contributed by atoms with Crippen LogP contribution in [0.1, 0.15) is 33.7 Å². The van der Waals surface area contributed by atoms with Crippen molar-refractivity contribution >= 4 is 12.1 Å². The molecule has 1 heterocycles. The van der Waals surface area contributed by atoms with Gasteiger partial charge < -0.3 is 9.84 Å². The van der Waals surface area contributed by atoms with E-state index in [1.54, 1.807) is 0 Å². The summed E-state index contributed by atoms with van der Waals surface area (Å²) in [4.78, 5) is 25.9. The minimum absolute atomic E-state index is 0.00878. The van der Waals surface area contributed by atoms with Crippen molar-refractivity contribution in [2.45, 2.75) is 31.1 Å². The van der Waals surface area contributed by atoms with E-state index >= 15 is 0 Å². The van der Waals surface area contributed by atoms with Crippen molar-refractivity contribution in [1.82, 2.24) is 4.90 Å². The summed E-state index contributed by atoms with van der Waals surface area (Å²) >= 11 is 0. The number of halogens is 3. The molecule has 5 nitrogen and oxygen atoms in total. The Labute approximate surface area is 193 Å². The van der Waals surface area contributed by atoms with Crippen LogP contribution >= 0.6 is 0 Å². The molecule has 34 heavy (non-hydrogen) atoms. The summed E-state index contributed by atoms with van der Waals surface area (Å²) in [5, 5.41) is 9.69. The van der Waals surface area contributed by atoms with E-state index in [0.717, 1.165) is 33.2 Å². The molecule has 0 unspecified atom stereocenters. The zero-order chi connectivity index (χ0) is 24.0. The number of nitrogens with zero attached hydrogens (tertiary/aromatic N) is 1. The number of carboxylic acids is 1. The van der Waals surface area contributed by atoms with Crippen molar-refractivity contribution < 1.29 is 32.6 Å². The third-order valence-corrected chi connectivity index (χ3v) is 6.55. The molecule has 1 atom stereocenters. The molecule has 3 aromatic carbocycles. The summed E-state index contributed by atoms with van der Waals surface area (Å²) in [5.41, 5.74) is 3.41. The van der Waals surface area contributed by atoms with E-state index in [-0.39, 0.29) is 30.2 Å². The average molecular weight is 467 g/mol. The molecule has 0 fully saturated rings. The lowest BCUT2D eigenvalue weighted by atomic mass is 9.90. The van der Waals surface area contributed by atoms with E-state index in [9.17, 15) is 27.9 Å². The lowest BCUT2D eigenvalue weighted by Crippen LogP contribution is -2.49. The fourth-order valence-corrected chi connectivity index (χ4v) is 4.98. The molecule has 2 aliphatic rings. The van der Waals surface area contributed by atoms with E-state index in [4.69, 9.17) is 4.74 Å². The number of benzene rings is 3. The highest BCUT2D eigenvalue weighted by Crippen LogP contribution is 2.44. The molecule has 0 saturated carbocycles. The largest absolute Gasteiger partial charge is 0.480 e. The van der Waals surface area contributed by atoms with Gasteiger partial charge in [-0.25, -0.2) is 9.59 Å². The molecule has 0 spiro atoms. The predicted molar refractivity (Wildman–Crippen MR) is 117 cm³/mol. The number of fused-ring (bicyclic) bond motifs is 4. The van der Waals surface area contributed by atoms with Gasteiger partial charge in [0, 0.05) is 12.3 Å². The molecular formula is C26H20F3NO4. The summed E-state index contributed by atoms with van der Waals surface area (Å²) in [5.74, 6) is -1.59. The molecular weight excluding hydrogens is 447 g/mol. The van der Waals surface area contributed by atoms with Gasteiger partial charge in [0.1, 0.15) is 12.6 Å². The molecule has 174 valence electrons. The number of ether oxygens (including phenoxy) is 1. The summed E-state index contributed by atoms with van der Waals surface area (Å²) < 4.78 is 45.9. The van der Waals surface area contributed by atoms with Gasteiger partial charge in [0.25, 0.3) is 0 Å². The van der Waals surface area contributed by atoms with Gasteiger partial charge in [-0.15, -0.1) is 0 Å². The van der Waals surface area contributed by atoms with Crippen LogP contribution < -0.4 is 0 Å². The van der Waals surface area contributed by atoms with Crippen molar-refractivity contribution in [3.8, 4) is 11.1 Å². The topological polar surface area (TPSA) is 66.8 Å². The summed E-state index contributed by atoms with van der Waals surface area (Å²) in [6.07, 6.45) is -5.91. The first kappa shape index (κ1) is 22.0. The Bertz CT molecular complexity index is 1240. The molecule has 0 saturated heterocycles. The number of amides is 1. The number of aliphatic carboxylic acids is 1. The second-order valence-corrected chi connectivity index (χ2v) is 8.43. The van der Waals surface area contributed by atoms with Crippen molar-refractivity contribution in [2.75, 3.05) is 6.61 Å². The Morgan fingerprint density at radius 3 is 2.15 bits per heavy atom. The Morgan fingerprint density at radius 1 is 0.941 bits per heavy atom. The van der Waals surface area contributed by atoms with Gasteiger partial charge in [-0.3, -0.25) is 4.90 Å². The maximum absolute atomic E-state index is 13.4. The van der Waals surface area contributed by atoms with Crippen LogP contribution in [0.15, 0.2) is 66.7 Å². The lowest BCUT2D eigenvalue weighted by molar-refractivity contribution is -0.145. The third kappa shape index (κ3) is 3.69. The Morgan fingerprint density at radius 2 is 1.56 bits per heavy atom. The third-order valence-electron chi connectivity index (χ3n) is 6.55. The Balaban J connectivity index is 1.40. The fourth-order valence-electron chi connectivity index (χ4n) is 4.98. The standard InChI is InChI=1S/C26H20F3NO4/c27-26(28,29)22-11-5-6-15-13-30(23(24(31)32)12-20(15)22)25(33)34-14-21-18-9-3-1-7-16(18)17-8-2-4-10-19(17)21/h1-11,21,23H,12-14H2,(H,31,32)/t23-/m0/s1. The smallest absolute Gasteiger partial charge is 0.416 e. The first-order valence-electron chi connectivity index (χ1n) is 10.8. The van der Waals surface area contributed by atoms with Crippen molar-refractivity contribution in [3.63, 3.8) is 0 Å². The van der Waals surface area contributed by atoms with Gasteiger partial charge >= 0.3 is 18.2 Å². The molecule has 0 bridgehead atoms.